The second kappa shape index (κ2) is 7.48. The van der Waals surface area contributed by atoms with Gasteiger partial charge in [0.2, 0.25) is 0 Å². The third kappa shape index (κ3) is 3.87. The number of nitro groups is 1. The fourth-order valence-electron chi connectivity index (χ4n) is 2.64. The van der Waals surface area contributed by atoms with Crippen LogP contribution in [-0.2, 0) is 6.54 Å². The molecular weight excluding hydrogens is 332 g/mol. The van der Waals surface area contributed by atoms with Crippen LogP contribution in [0, 0.1) is 10.1 Å². The van der Waals surface area contributed by atoms with Gasteiger partial charge >= 0.3 is 5.97 Å². The summed E-state index contributed by atoms with van der Waals surface area (Å²) in [7, 11) is 0. The zero-order valence-electron chi connectivity index (χ0n) is 13.8. The number of hydrogen-bond acceptors (Lipinski definition) is 4. The lowest BCUT2D eigenvalue weighted by Crippen LogP contribution is -2.03. The maximum Gasteiger partial charge on any atom is 0.335 e. The standard InChI is InChI=1S/C20H16N2O4/c23-20(24)17-8-4-7-15(11-17)16-9-10-19(22(25)26)18(12-16)21-13-14-5-2-1-3-6-14/h1-12,21H,13H2,(H,23,24). The molecule has 0 heterocycles. The normalized spacial score (nSPS) is 10.3. The van der Waals surface area contributed by atoms with Crippen molar-refractivity contribution in [1.82, 2.24) is 0 Å². The Labute approximate surface area is 149 Å². The van der Waals surface area contributed by atoms with Crippen LogP contribution in [-0.4, -0.2) is 16.0 Å². The van der Waals surface area contributed by atoms with Gasteiger partial charge in [-0.15, -0.1) is 0 Å². The van der Waals surface area contributed by atoms with Crippen LogP contribution in [0.15, 0.2) is 72.8 Å². The Bertz CT molecular complexity index is 955. The van der Waals surface area contributed by atoms with E-state index in [1.807, 2.05) is 30.3 Å². The van der Waals surface area contributed by atoms with Gasteiger partial charge in [0.25, 0.3) is 5.69 Å². The van der Waals surface area contributed by atoms with Crippen LogP contribution in [0.2, 0.25) is 0 Å². The lowest BCUT2D eigenvalue weighted by molar-refractivity contribution is -0.384. The van der Waals surface area contributed by atoms with Crippen molar-refractivity contribution in [3.05, 3.63) is 94.0 Å². The van der Waals surface area contributed by atoms with Crippen LogP contribution in [0.5, 0.6) is 0 Å². The van der Waals surface area contributed by atoms with Gasteiger partial charge in [0, 0.05) is 12.6 Å². The molecule has 3 aromatic carbocycles. The number of nitrogens with zero attached hydrogens (tertiary/aromatic N) is 1. The minimum Gasteiger partial charge on any atom is -0.478 e. The van der Waals surface area contributed by atoms with Gasteiger partial charge in [0.05, 0.1) is 10.5 Å². The molecule has 26 heavy (non-hydrogen) atoms. The second-order valence-corrected chi connectivity index (χ2v) is 5.71. The molecule has 2 N–H and O–H groups in total. The first kappa shape index (κ1) is 17.2. The number of aromatic carboxylic acids is 1. The average molecular weight is 348 g/mol. The number of rotatable bonds is 6. The van der Waals surface area contributed by atoms with E-state index in [1.54, 1.807) is 30.3 Å². The van der Waals surface area contributed by atoms with Crippen LogP contribution < -0.4 is 5.32 Å². The summed E-state index contributed by atoms with van der Waals surface area (Å²) in [4.78, 5) is 22.0. The Morgan fingerprint density at radius 1 is 0.962 bits per heavy atom. The largest absolute Gasteiger partial charge is 0.478 e. The van der Waals surface area contributed by atoms with E-state index in [4.69, 9.17) is 5.11 Å². The van der Waals surface area contributed by atoms with Crippen molar-refractivity contribution in [2.24, 2.45) is 0 Å². The highest BCUT2D eigenvalue weighted by molar-refractivity contribution is 5.89. The van der Waals surface area contributed by atoms with E-state index in [9.17, 15) is 14.9 Å². The second-order valence-electron chi connectivity index (χ2n) is 5.71. The van der Waals surface area contributed by atoms with Crippen molar-refractivity contribution in [2.45, 2.75) is 6.54 Å². The number of carbonyl (C=O) groups is 1. The van der Waals surface area contributed by atoms with Crippen LogP contribution in [0.25, 0.3) is 11.1 Å². The van der Waals surface area contributed by atoms with Crippen LogP contribution in [0.1, 0.15) is 15.9 Å². The fraction of sp³-hybridized carbons (Fsp3) is 0.0500. The van der Waals surface area contributed by atoms with Crippen molar-refractivity contribution < 1.29 is 14.8 Å². The molecule has 6 heteroatoms. The number of carboxylic acids is 1. The monoisotopic (exact) mass is 348 g/mol. The molecule has 0 amide bonds. The van der Waals surface area contributed by atoms with E-state index in [0.717, 1.165) is 5.56 Å². The molecule has 6 nitrogen and oxygen atoms in total. The molecule has 0 unspecified atom stereocenters. The molecule has 0 aliphatic heterocycles. The lowest BCUT2D eigenvalue weighted by Gasteiger charge is -2.10. The van der Waals surface area contributed by atoms with Gasteiger partial charge in [-0.3, -0.25) is 10.1 Å². The topological polar surface area (TPSA) is 92.5 Å². The average Bonchev–Trinajstić information content (AvgIpc) is 2.67. The van der Waals surface area contributed by atoms with Crippen LogP contribution >= 0.6 is 0 Å². The molecule has 0 aliphatic rings. The Morgan fingerprint density at radius 2 is 1.69 bits per heavy atom. The molecule has 0 fully saturated rings. The summed E-state index contributed by atoms with van der Waals surface area (Å²) in [6.07, 6.45) is 0. The summed E-state index contributed by atoms with van der Waals surface area (Å²) in [6.45, 7) is 0.445. The Balaban J connectivity index is 1.94. The van der Waals surface area contributed by atoms with Gasteiger partial charge in [0.1, 0.15) is 5.69 Å². The molecule has 0 radical (unpaired) electrons. The Kier molecular flexibility index (Phi) is 4.94. The number of hydrogen-bond donors (Lipinski definition) is 2. The molecule has 3 aromatic rings. The quantitative estimate of drug-likeness (QED) is 0.503. The van der Waals surface area contributed by atoms with Crippen LogP contribution in [0.4, 0.5) is 11.4 Å². The first-order valence-electron chi connectivity index (χ1n) is 7.94. The minimum atomic E-state index is -1.02. The SMILES string of the molecule is O=C(O)c1cccc(-c2ccc([N+](=O)[O-])c(NCc3ccccc3)c2)c1. The first-order chi connectivity index (χ1) is 12.5. The number of carboxylic acid groups (broad SMARTS) is 1. The molecule has 130 valence electrons. The summed E-state index contributed by atoms with van der Waals surface area (Å²) in [5.74, 6) is -1.02. The molecule has 3 rings (SSSR count). The fourth-order valence-corrected chi connectivity index (χ4v) is 2.64. The van der Waals surface area contributed by atoms with E-state index in [0.29, 0.717) is 23.4 Å². The van der Waals surface area contributed by atoms with E-state index < -0.39 is 10.9 Å². The van der Waals surface area contributed by atoms with Gasteiger partial charge < -0.3 is 10.4 Å². The predicted molar refractivity (Wildman–Crippen MR) is 99.3 cm³/mol. The molecule has 0 bridgehead atoms. The van der Waals surface area contributed by atoms with Crippen molar-refractivity contribution in [3.63, 3.8) is 0 Å². The van der Waals surface area contributed by atoms with Crippen LogP contribution in [0.3, 0.4) is 0 Å². The zero-order chi connectivity index (χ0) is 18.5. The summed E-state index contributed by atoms with van der Waals surface area (Å²) >= 11 is 0. The smallest absolute Gasteiger partial charge is 0.335 e. The molecule has 0 aliphatic carbocycles. The highest BCUT2D eigenvalue weighted by Crippen LogP contribution is 2.31. The molecule has 0 aromatic heterocycles. The number of anilines is 1. The zero-order valence-corrected chi connectivity index (χ0v) is 13.8. The molecule has 0 saturated carbocycles. The van der Waals surface area contributed by atoms with Crippen molar-refractivity contribution in [2.75, 3.05) is 5.32 Å². The van der Waals surface area contributed by atoms with Crippen molar-refractivity contribution >= 4 is 17.3 Å². The summed E-state index contributed by atoms with van der Waals surface area (Å²) in [6, 6.07) is 20.8. The first-order valence-corrected chi connectivity index (χ1v) is 7.94. The Morgan fingerprint density at radius 3 is 2.38 bits per heavy atom. The van der Waals surface area contributed by atoms with E-state index in [1.165, 1.54) is 12.1 Å². The predicted octanol–water partition coefficient (Wildman–Crippen LogP) is 4.57. The maximum absolute atomic E-state index is 11.3. The van der Waals surface area contributed by atoms with Gasteiger partial charge in [-0.05, 0) is 41.0 Å². The molecule has 0 spiro atoms. The third-order valence-electron chi connectivity index (χ3n) is 3.96. The van der Waals surface area contributed by atoms with Gasteiger partial charge in [-0.25, -0.2) is 4.79 Å². The highest BCUT2D eigenvalue weighted by atomic mass is 16.6. The van der Waals surface area contributed by atoms with Crippen molar-refractivity contribution in [1.29, 1.82) is 0 Å². The number of benzene rings is 3. The van der Waals surface area contributed by atoms with E-state index >= 15 is 0 Å². The summed E-state index contributed by atoms with van der Waals surface area (Å²) in [5, 5.41) is 23.5. The van der Waals surface area contributed by atoms with E-state index in [-0.39, 0.29) is 11.3 Å². The van der Waals surface area contributed by atoms with Gasteiger partial charge in [-0.1, -0.05) is 42.5 Å². The number of nitrogens with one attached hydrogen (secondary N) is 1. The third-order valence-corrected chi connectivity index (χ3v) is 3.96. The van der Waals surface area contributed by atoms with Gasteiger partial charge in [0.15, 0.2) is 0 Å². The van der Waals surface area contributed by atoms with E-state index in [2.05, 4.69) is 5.32 Å². The van der Waals surface area contributed by atoms with Gasteiger partial charge in [-0.2, -0.15) is 0 Å². The molecule has 0 atom stereocenters. The Hall–Kier alpha value is -3.67. The summed E-state index contributed by atoms with van der Waals surface area (Å²) in [5.41, 5.74) is 2.91. The minimum absolute atomic E-state index is 0.0286. The molecular formula is C20H16N2O4. The lowest BCUT2D eigenvalue weighted by atomic mass is 10.0. The highest BCUT2D eigenvalue weighted by Gasteiger charge is 2.15. The number of nitro benzene ring substituents is 1. The maximum atomic E-state index is 11.3. The van der Waals surface area contributed by atoms with Crippen molar-refractivity contribution in [3.8, 4) is 11.1 Å². The summed E-state index contributed by atoms with van der Waals surface area (Å²) < 4.78 is 0. The molecule has 0 saturated heterocycles.